The van der Waals surface area contributed by atoms with Crippen molar-refractivity contribution in [2.24, 2.45) is 0 Å². The first-order valence-electron chi connectivity index (χ1n) is 4.77. The van der Waals surface area contributed by atoms with Crippen LogP contribution in [0.5, 0.6) is 0 Å². The first-order valence-corrected chi connectivity index (χ1v) is 5.15. The molecule has 15 heavy (non-hydrogen) atoms. The summed E-state index contributed by atoms with van der Waals surface area (Å²) >= 11 is 5.81. The molecule has 1 aliphatic rings. The standard InChI is InChI=1S/C11H10ClNO2/c12-10-5-6-11(13(14)15)9(7-10)4-3-8-1-2-8/h3,5-7H,1-2,4H2. The van der Waals surface area contributed by atoms with Gasteiger partial charge in [-0.25, -0.2) is 0 Å². The van der Waals surface area contributed by atoms with Gasteiger partial charge >= 0.3 is 0 Å². The molecule has 1 aromatic rings. The average Bonchev–Trinajstić information content (AvgIpc) is 2.97. The van der Waals surface area contributed by atoms with E-state index in [0.29, 0.717) is 17.0 Å². The van der Waals surface area contributed by atoms with Crippen LogP contribution in [0.3, 0.4) is 0 Å². The van der Waals surface area contributed by atoms with Gasteiger partial charge in [0.1, 0.15) is 0 Å². The van der Waals surface area contributed by atoms with Crippen molar-refractivity contribution >= 4 is 17.3 Å². The number of halogens is 1. The molecule has 1 aromatic carbocycles. The van der Waals surface area contributed by atoms with Crippen molar-refractivity contribution in [3.63, 3.8) is 0 Å². The van der Waals surface area contributed by atoms with Crippen molar-refractivity contribution in [2.45, 2.75) is 19.3 Å². The summed E-state index contributed by atoms with van der Waals surface area (Å²) in [5.41, 5.74) is 2.22. The SMILES string of the molecule is O=[N+]([O-])c1ccc(Cl)cc1CC=C1CC1. The van der Waals surface area contributed by atoms with Crippen LogP contribution >= 0.6 is 11.6 Å². The molecular weight excluding hydrogens is 214 g/mol. The Balaban J connectivity index is 2.28. The Kier molecular flexibility index (Phi) is 2.73. The van der Waals surface area contributed by atoms with Crippen molar-refractivity contribution in [1.29, 1.82) is 0 Å². The van der Waals surface area contributed by atoms with Crippen LogP contribution in [0, 0.1) is 10.1 Å². The molecule has 0 aliphatic heterocycles. The predicted octanol–water partition coefficient (Wildman–Crippen LogP) is 3.51. The maximum absolute atomic E-state index is 10.7. The van der Waals surface area contributed by atoms with E-state index in [9.17, 15) is 10.1 Å². The number of hydrogen-bond donors (Lipinski definition) is 0. The van der Waals surface area contributed by atoms with E-state index in [4.69, 9.17) is 11.6 Å². The molecule has 3 nitrogen and oxygen atoms in total. The quantitative estimate of drug-likeness (QED) is 0.447. The Morgan fingerprint density at radius 1 is 1.47 bits per heavy atom. The van der Waals surface area contributed by atoms with Gasteiger partial charge in [-0.1, -0.05) is 23.3 Å². The lowest BCUT2D eigenvalue weighted by Crippen LogP contribution is -1.94. The number of nitro groups is 1. The van der Waals surface area contributed by atoms with Gasteiger partial charge in [0.15, 0.2) is 0 Å². The van der Waals surface area contributed by atoms with E-state index in [1.807, 2.05) is 0 Å². The molecule has 0 unspecified atom stereocenters. The van der Waals surface area contributed by atoms with E-state index in [0.717, 1.165) is 12.8 Å². The van der Waals surface area contributed by atoms with Crippen LogP contribution in [0.1, 0.15) is 18.4 Å². The molecule has 0 saturated heterocycles. The van der Waals surface area contributed by atoms with Crippen LogP contribution in [0.4, 0.5) is 5.69 Å². The summed E-state index contributed by atoms with van der Waals surface area (Å²) in [6.07, 6.45) is 4.92. The van der Waals surface area contributed by atoms with E-state index in [1.54, 1.807) is 12.1 Å². The highest BCUT2D eigenvalue weighted by molar-refractivity contribution is 6.30. The fourth-order valence-electron chi connectivity index (χ4n) is 1.43. The van der Waals surface area contributed by atoms with Crippen molar-refractivity contribution in [1.82, 2.24) is 0 Å². The lowest BCUT2D eigenvalue weighted by atomic mass is 10.1. The van der Waals surface area contributed by atoms with Crippen LogP contribution in [-0.2, 0) is 6.42 Å². The summed E-state index contributed by atoms with van der Waals surface area (Å²) in [4.78, 5) is 10.4. The summed E-state index contributed by atoms with van der Waals surface area (Å²) in [7, 11) is 0. The zero-order valence-electron chi connectivity index (χ0n) is 8.07. The molecule has 0 amide bonds. The molecule has 0 heterocycles. The Morgan fingerprint density at radius 2 is 2.20 bits per heavy atom. The zero-order valence-corrected chi connectivity index (χ0v) is 8.83. The third kappa shape index (κ3) is 2.57. The summed E-state index contributed by atoms with van der Waals surface area (Å²) in [6, 6.07) is 4.68. The molecule has 1 aliphatic carbocycles. The Labute approximate surface area is 92.5 Å². The van der Waals surface area contributed by atoms with Gasteiger partial charge in [0, 0.05) is 16.7 Å². The average molecular weight is 224 g/mol. The predicted molar refractivity (Wildman–Crippen MR) is 59.1 cm³/mol. The zero-order chi connectivity index (χ0) is 10.8. The maximum Gasteiger partial charge on any atom is 0.272 e. The van der Waals surface area contributed by atoms with Crippen LogP contribution in [0.15, 0.2) is 29.8 Å². The second-order valence-electron chi connectivity index (χ2n) is 3.60. The number of rotatable bonds is 3. The van der Waals surface area contributed by atoms with Gasteiger partial charge in [0.25, 0.3) is 5.69 Å². The second kappa shape index (κ2) is 4.03. The van der Waals surface area contributed by atoms with Gasteiger partial charge in [-0.3, -0.25) is 10.1 Å². The van der Waals surface area contributed by atoms with E-state index in [1.165, 1.54) is 11.6 Å². The second-order valence-corrected chi connectivity index (χ2v) is 4.03. The summed E-state index contributed by atoms with van der Waals surface area (Å²) in [6.45, 7) is 0. The molecule has 1 saturated carbocycles. The first-order chi connectivity index (χ1) is 7.16. The minimum Gasteiger partial charge on any atom is -0.258 e. The van der Waals surface area contributed by atoms with E-state index >= 15 is 0 Å². The molecule has 1 fully saturated rings. The van der Waals surface area contributed by atoms with Crippen molar-refractivity contribution in [2.75, 3.05) is 0 Å². The highest BCUT2D eigenvalue weighted by Gasteiger charge is 2.15. The summed E-state index contributed by atoms with van der Waals surface area (Å²) in [5, 5.41) is 11.3. The maximum atomic E-state index is 10.7. The molecule has 0 N–H and O–H groups in total. The fraction of sp³-hybridized carbons (Fsp3) is 0.273. The third-order valence-corrected chi connectivity index (χ3v) is 2.62. The van der Waals surface area contributed by atoms with Crippen LogP contribution in [0.25, 0.3) is 0 Å². The normalized spacial score (nSPS) is 13.8. The smallest absolute Gasteiger partial charge is 0.258 e. The third-order valence-electron chi connectivity index (χ3n) is 2.39. The van der Waals surface area contributed by atoms with Gasteiger partial charge in [0.2, 0.25) is 0 Å². The summed E-state index contributed by atoms with van der Waals surface area (Å²) < 4.78 is 0. The number of hydrogen-bond acceptors (Lipinski definition) is 2. The largest absolute Gasteiger partial charge is 0.272 e. The van der Waals surface area contributed by atoms with Gasteiger partial charge in [0.05, 0.1) is 4.92 Å². The Bertz CT molecular complexity index is 434. The molecular formula is C11H10ClNO2. The van der Waals surface area contributed by atoms with Gasteiger partial charge in [-0.15, -0.1) is 0 Å². The molecule has 0 bridgehead atoms. The highest BCUT2D eigenvalue weighted by atomic mass is 35.5. The first kappa shape index (κ1) is 10.2. The minimum absolute atomic E-state index is 0.150. The van der Waals surface area contributed by atoms with Crippen LogP contribution in [-0.4, -0.2) is 4.92 Å². The van der Waals surface area contributed by atoms with Gasteiger partial charge < -0.3 is 0 Å². The van der Waals surface area contributed by atoms with Crippen molar-refractivity contribution in [3.05, 3.63) is 50.5 Å². The van der Waals surface area contributed by atoms with Crippen molar-refractivity contribution < 1.29 is 4.92 Å². The monoisotopic (exact) mass is 223 g/mol. The number of nitro benzene ring substituents is 1. The Hall–Kier alpha value is -1.35. The molecule has 4 heteroatoms. The fourth-order valence-corrected chi connectivity index (χ4v) is 1.62. The topological polar surface area (TPSA) is 43.1 Å². The van der Waals surface area contributed by atoms with E-state index in [-0.39, 0.29) is 10.6 Å². The number of nitrogens with zero attached hydrogens (tertiary/aromatic N) is 1. The summed E-state index contributed by atoms with van der Waals surface area (Å²) in [5.74, 6) is 0. The van der Waals surface area contributed by atoms with Crippen LogP contribution in [0.2, 0.25) is 5.02 Å². The highest BCUT2D eigenvalue weighted by Crippen LogP contribution is 2.30. The van der Waals surface area contributed by atoms with Crippen molar-refractivity contribution in [3.8, 4) is 0 Å². The van der Waals surface area contributed by atoms with Gasteiger partial charge in [-0.2, -0.15) is 0 Å². The minimum atomic E-state index is -0.364. The molecule has 78 valence electrons. The lowest BCUT2D eigenvalue weighted by molar-refractivity contribution is -0.385. The molecule has 0 aromatic heterocycles. The van der Waals surface area contributed by atoms with Gasteiger partial charge in [-0.05, 0) is 31.4 Å². The van der Waals surface area contributed by atoms with E-state index < -0.39 is 0 Å². The molecule has 0 radical (unpaired) electrons. The molecule has 0 spiro atoms. The van der Waals surface area contributed by atoms with Crippen LogP contribution < -0.4 is 0 Å². The number of allylic oxidation sites excluding steroid dienone is 2. The number of benzene rings is 1. The van der Waals surface area contributed by atoms with E-state index in [2.05, 4.69) is 6.08 Å². The lowest BCUT2D eigenvalue weighted by Gasteiger charge is -2.00. The Morgan fingerprint density at radius 3 is 2.80 bits per heavy atom. The molecule has 2 rings (SSSR count). The molecule has 0 atom stereocenters.